The standard InChI is InChI=1S/C10H15FN2S/c1-13-5-2-6-14-8-3-4-10(12)9(11)7-8/h3-4,7,13H,2,5-6,12H2,1H3. The van der Waals surface area contributed by atoms with Crippen molar-refractivity contribution in [3.05, 3.63) is 24.0 Å². The number of thioether (sulfide) groups is 1. The van der Waals surface area contributed by atoms with Gasteiger partial charge in [0.25, 0.3) is 0 Å². The lowest BCUT2D eigenvalue weighted by molar-refractivity contribution is 0.629. The molecule has 78 valence electrons. The van der Waals surface area contributed by atoms with Crippen LogP contribution in [0.1, 0.15) is 6.42 Å². The number of nitrogens with two attached hydrogens (primary N) is 1. The van der Waals surface area contributed by atoms with Crippen molar-refractivity contribution in [3.63, 3.8) is 0 Å². The molecule has 14 heavy (non-hydrogen) atoms. The summed E-state index contributed by atoms with van der Waals surface area (Å²) in [6, 6.07) is 4.94. The molecule has 0 amide bonds. The SMILES string of the molecule is CNCCCSc1ccc(N)c(F)c1. The maximum Gasteiger partial charge on any atom is 0.147 e. The van der Waals surface area contributed by atoms with Gasteiger partial charge in [-0.1, -0.05) is 0 Å². The highest BCUT2D eigenvalue weighted by molar-refractivity contribution is 7.99. The van der Waals surface area contributed by atoms with Crippen LogP contribution < -0.4 is 11.1 Å². The van der Waals surface area contributed by atoms with E-state index in [0.29, 0.717) is 0 Å². The molecule has 0 saturated heterocycles. The van der Waals surface area contributed by atoms with Gasteiger partial charge in [-0.05, 0) is 44.0 Å². The Labute approximate surface area is 88.1 Å². The van der Waals surface area contributed by atoms with Crippen LogP contribution in [0.5, 0.6) is 0 Å². The number of rotatable bonds is 5. The summed E-state index contributed by atoms with van der Waals surface area (Å²) in [7, 11) is 1.92. The molecule has 0 radical (unpaired) electrons. The van der Waals surface area contributed by atoms with Crippen molar-refractivity contribution in [2.75, 3.05) is 25.1 Å². The quantitative estimate of drug-likeness (QED) is 0.448. The molecule has 2 nitrogen and oxygen atoms in total. The highest BCUT2D eigenvalue weighted by atomic mass is 32.2. The lowest BCUT2D eigenvalue weighted by Gasteiger charge is -2.02. The van der Waals surface area contributed by atoms with E-state index in [2.05, 4.69) is 5.32 Å². The van der Waals surface area contributed by atoms with Crippen molar-refractivity contribution in [1.82, 2.24) is 5.32 Å². The molecule has 0 spiro atoms. The van der Waals surface area contributed by atoms with Gasteiger partial charge in [-0.25, -0.2) is 4.39 Å². The van der Waals surface area contributed by atoms with Gasteiger partial charge in [0, 0.05) is 4.90 Å². The summed E-state index contributed by atoms with van der Waals surface area (Å²) in [6.07, 6.45) is 1.08. The Bertz CT molecular complexity index is 291. The molecular weight excluding hydrogens is 199 g/mol. The Morgan fingerprint density at radius 3 is 2.93 bits per heavy atom. The molecule has 0 atom stereocenters. The van der Waals surface area contributed by atoms with Crippen molar-refractivity contribution in [2.45, 2.75) is 11.3 Å². The zero-order valence-electron chi connectivity index (χ0n) is 8.22. The van der Waals surface area contributed by atoms with Gasteiger partial charge in [0.15, 0.2) is 0 Å². The maximum atomic E-state index is 13.0. The summed E-state index contributed by atoms with van der Waals surface area (Å²) in [4.78, 5) is 0.938. The topological polar surface area (TPSA) is 38.0 Å². The van der Waals surface area contributed by atoms with Crippen LogP contribution in [0.2, 0.25) is 0 Å². The third kappa shape index (κ3) is 3.55. The first-order valence-electron chi connectivity index (χ1n) is 4.56. The fraction of sp³-hybridized carbons (Fsp3) is 0.400. The van der Waals surface area contributed by atoms with E-state index >= 15 is 0 Å². The van der Waals surface area contributed by atoms with E-state index in [-0.39, 0.29) is 11.5 Å². The molecule has 0 unspecified atom stereocenters. The lowest BCUT2D eigenvalue weighted by atomic mass is 10.3. The smallest absolute Gasteiger partial charge is 0.147 e. The molecule has 0 bridgehead atoms. The minimum Gasteiger partial charge on any atom is -0.396 e. The minimum atomic E-state index is -0.330. The average Bonchev–Trinajstić information content (AvgIpc) is 2.18. The van der Waals surface area contributed by atoms with Gasteiger partial charge >= 0.3 is 0 Å². The van der Waals surface area contributed by atoms with Crippen LogP contribution in [-0.4, -0.2) is 19.3 Å². The average molecular weight is 214 g/mol. The van der Waals surface area contributed by atoms with E-state index in [1.165, 1.54) is 6.07 Å². The Kier molecular flexibility index (Phi) is 4.76. The van der Waals surface area contributed by atoms with Crippen LogP contribution in [-0.2, 0) is 0 Å². The van der Waals surface area contributed by atoms with E-state index in [9.17, 15) is 4.39 Å². The minimum absolute atomic E-state index is 0.213. The molecule has 1 aromatic rings. The van der Waals surface area contributed by atoms with Crippen molar-refractivity contribution in [2.24, 2.45) is 0 Å². The molecule has 0 aliphatic carbocycles. The van der Waals surface area contributed by atoms with Crippen molar-refractivity contribution in [1.29, 1.82) is 0 Å². The van der Waals surface area contributed by atoms with E-state index in [4.69, 9.17) is 5.73 Å². The van der Waals surface area contributed by atoms with Crippen LogP contribution >= 0.6 is 11.8 Å². The third-order valence-corrected chi connectivity index (χ3v) is 2.89. The summed E-state index contributed by atoms with van der Waals surface area (Å²) in [5, 5.41) is 3.07. The van der Waals surface area contributed by atoms with Crippen molar-refractivity contribution in [3.8, 4) is 0 Å². The molecule has 0 saturated carbocycles. The van der Waals surface area contributed by atoms with Crippen molar-refractivity contribution >= 4 is 17.4 Å². The normalized spacial score (nSPS) is 10.4. The van der Waals surface area contributed by atoms with E-state index < -0.39 is 0 Å². The van der Waals surface area contributed by atoms with Crippen LogP contribution in [0.25, 0.3) is 0 Å². The number of halogens is 1. The summed E-state index contributed by atoms with van der Waals surface area (Å²) in [5.41, 5.74) is 5.58. The third-order valence-electron chi connectivity index (χ3n) is 1.81. The summed E-state index contributed by atoms with van der Waals surface area (Å²) >= 11 is 1.65. The Morgan fingerprint density at radius 1 is 1.50 bits per heavy atom. The molecule has 0 aliphatic rings. The maximum absolute atomic E-state index is 13.0. The molecule has 0 aromatic heterocycles. The van der Waals surface area contributed by atoms with Gasteiger partial charge in [0.1, 0.15) is 5.82 Å². The molecule has 3 N–H and O–H groups in total. The second-order valence-electron chi connectivity index (χ2n) is 2.99. The second kappa shape index (κ2) is 5.88. The zero-order valence-corrected chi connectivity index (χ0v) is 9.03. The zero-order chi connectivity index (χ0) is 10.4. The number of anilines is 1. The van der Waals surface area contributed by atoms with Crippen LogP contribution in [0.15, 0.2) is 23.1 Å². The van der Waals surface area contributed by atoms with Gasteiger partial charge < -0.3 is 11.1 Å². The molecule has 0 aliphatic heterocycles. The first-order chi connectivity index (χ1) is 6.74. The molecule has 0 fully saturated rings. The van der Waals surface area contributed by atoms with Gasteiger partial charge in [-0.15, -0.1) is 11.8 Å². The predicted octanol–water partition coefficient (Wildman–Crippen LogP) is 2.11. The fourth-order valence-electron chi connectivity index (χ4n) is 1.04. The van der Waals surface area contributed by atoms with Crippen LogP contribution in [0.3, 0.4) is 0 Å². The van der Waals surface area contributed by atoms with Gasteiger partial charge in [-0.3, -0.25) is 0 Å². The van der Waals surface area contributed by atoms with Crippen molar-refractivity contribution < 1.29 is 4.39 Å². The Morgan fingerprint density at radius 2 is 2.29 bits per heavy atom. The van der Waals surface area contributed by atoms with E-state index in [1.54, 1.807) is 17.8 Å². The van der Waals surface area contributed by atoms with E-state index in [1.807, 2.05) is 13.1 Å². The fourth-order valence-corrected chi connectivity index (χ4v) is 1.91. The lowest BCUT2D eigenvalue weighted by Crippen LogP contribution is -2.07. The van der Waals surface area contributed by atoms with Gasteiger partial charge in [0.05, 0.1) is 5.69 Å². The van der Waals surface area contributed by atoms with E-state index in [0.717, 1.165) is 23.6 Å². The number of hydrogen-bond donors (Lipinski definition) is 2. The Balaban J connectivity index is 2.39. The summed E-state index contributed by atoms with van der Waals surface area (Å²) in [6.45, 7) is 0.991. The van der Waals surface area contributed by atoms with Gasteiger partial charge in [0.2, 0.25) is 0 Å². The number of nitrogens with one attached hydrogen (secondary N) is 1. The summed E-state index contributed by atoms with van der Waals surface area (Å²) < 4.78 is 13.0. The predicted molar refractivity (Wildman–Crippen MR) is 60.1 cm³/mol. The first kappa shape index (κ1) is 11.3. The molecule has 1 rings (SSSR count). The molecule has 1 aromatic carbocycles. The van der Waals surface area contributed by atoms with Gasteiger partial charge in [-0.2, -0.15) is 0 Å². The van der Waals surface area contributed by atoms with Crippen LogP contribution in [0, 0.1) is 5.82 Å². The number of nitrogen functional groups attached to an aromatic ring is 1. The first-order valence-corrected chi connectivity index (χ1v) is 5.55. The molecule has 0 heterocycles. The highest BCUT2D eigenvalue weighted by Gasteiger charge is 1.99. The monoisotopic (exact) mass is 214 g/mol. The van der Waals surface area contributed by atoms with Crippen LogP contribution in [0.4, 0.5) is 10.1 Å². The summed E-state index contributed by atoms with van der Waals surface area (Å²) in [5.74, 6) is 0.660. The highest BCUT2D eigenvalue weighted by Crippen LogP contribution is 2.22. The second-order valence-corrected chi connectivity index (χ2v) is 4.16. The number of hydrogen-bond acceptors (Lipinski definition) is 3. The Hall–Kier alpha value is -0.740. The molecular formula is C10H15FN2S. The number of benzene rings is 1. The molecule has 4 heteroatoms. The largest absolute Gasteiger partial charge is 0.396 e.